The summed E-state index contributed by atoms with van der Waals surface area (Å²) in [4.78, 5) is 14.6. The minimum atomic E-state index is -0.161. The fourth-order valence-corrected chi connectivity index (χ4v) is 3.40. The average molecular weight is 377 g/mol. The maximum Gasteiger partial charge on any atom is 0.287 e. The van der Waals surface area contributed by atoms with E-state index in [4.69, 9.17) is 4.42 Å². The third-order valence-corrected chi connectivity index (χ3v) is 4.87. The van der Waals surface area contributed by atoms with E-state index in [2.05, 4.69) is 57.3 Å². The van der Waals surface area contributed by atoms with Crippen LogP contribution < -0.4 is 5.32 Å². The van der Waals surface area contributed by atoms with Gasteiger partial charge < -0.3 is 9.73 Å². The van der Waals surface area contributed by atoms with Crippen molar-refractivity contribution in [2.24, 2.45) is 0 Å². The van der Waals surface area contributed by atoms with Crippen LogP contribution in [-0.2, 0) is 13.0 Å². The van der Waals surface area contributed by atoms with Crippen molar-refractivity contribution >= 4 is 21.8 Å². The van der Waals surface area contributed by atoms with E-state index in [1.165, 1.54) is 11.1 Å². The quantitative estimate of drug-likeness (QED) is 0.866. The van der Waals surface area contributed by atoms with Gasteiger partial charge in [-0.25, -0.2) is 0 Å². The van der Waals surface area contributed by atoms with Crippen molar-refractivity contribution in [3.63, 3.8) is 0 Å². The Bertz CT molecular complexity index is 683. The number of furan rings is 1. The van der Waals surface area contributed by atoms with Crippen molar-refractivity contribution in [1.82, 2.24) is 10.2 Å². The Labute approximate surface area is 145 Å². The van der Waals surface area contributed by atoms with Crippen LogP contribution in [0.5, 0.6) is 0 Å². The first-order valence-corrected chi connectivity index (χ1v) is 8.81. The summed E-state index contributed by atoms with van der Waals surface area (Å²) in [6, 6.07) is 12.4. The van der Waals surface area contributed by atoms with Gasteiger partial charge in [-0.05, 0) is 52.0 Å². The predicted molar refractivity (Wildman–Crippen MR) is 93.4 cm³/mol. The molecule has 1 amide bonds. The molecule has 0 saturated carbocycles. The summed E-state index contributed by atoms with van der Waals surface area (Å²) >= 11 is 3.22. The van der Waals surface area contributed by atoms with Crippen molar-refractivity contribution in [3.8, 4) is 0 Å². The number of rotatable bonds is 5. The van der Waals surface area contributed by atoms with Gasteiger partial charge in [0.1, 0.15) is 0 Å². The summed E-state index contributed by atoms with van der Waals surface area (Å²) in [5.74, 6) is 0.183. The van der Waals surface area contributed by atoms with E-state index in [1.54, 1.807) is 12.1 Å². The highest BCUT2D eigenvalue weighted by Gasteiger charge is 2.23. The highest BCUT2D eigenvalue weighted by molar-refractivity contribution is 9.10. The first-order chi connectivity index (χ1) is 11.2. The van der Waals surface area contributed by atoms with E-state index in [1.807, 2.05) is 0 Å². The van der Waals surface area contributed by atoms with Crippen LogP contribution in [0.4, 0.5) is 0 Å². The van der Waals surface area contributed by atoms with Crippen molar-refractivity contribution in [2.75, 3.05) is 13.1 Å². The third-order valence-electron chi connectivity index (χ3n) is 4.44. The average Bonchev–Trinajstić information content (AvgIpc) is 3.01. The zero-order valence-electron chi connectivity index (χ0n) is 13.2. The lowest BCUT2D eigenvalue weighted by Crippen LogP contribution is -2.45. The standard InChI is InChI=1S/C18H21BrN2O2/c1-2-15(11-20-18(22)16-7-8-17(19)23-16)21-10-9-13-5-3-4-6-14(13)12-21/h3-8,15H,2,9-12H2,1H3,(H,20,22). The maximum atomic E-state index is 12.1. The minimum Gasteiger partial charge on any atom is -0.444 e. The van der Waals surface area contributed by atoms with Crippen LogP contribution in [0.2, 0.25) is 0 Å². The molecule has 1 aromatic carbocycles. The molecule has 0 radical (unpaired) electrons. The van der Waals surface area contributed by atoms with Gasteiger partial charge in [0.25, 0.3) is 5.91 Å². The molecule has 5 heteroatoms. The number of amides is 1. The van der Waals surface area contributed by atoms with E-state index in [-0.39, 0.29) is 5.91 Å². The summed E-state index contributed by atoms with van der Waals surface area (Å²) in [5, 5.41) is 2.99. The van der Waals surface area contributed by atoms with Gasteiger partial charge in [-0.3, -0.25) is 9.69 Å². The lowest BCUT2D eigenvalue weighted by atomic mass is 9.98. The first kappa shape index (κ1) is 16.3. The fraction of sp³-hybridized carbons (Fsp3) is 0.389. The van der Waals surface area contributed by atoms with E-state index >= 15 is 0 Å². The topological polar surface area (TPSA) is 45.5 Å². The Kier molecular flexibility index (Phi) is 5.18. The number of hydrogen-bond acceptors (Lipinski definition) is 3. The predicted octanol–water partition coefficient (Wildman–Crippen LogP) is 3.61. The van der Waals surface area contributed by atoms with Crippen LogP contribution in [0.3, 0.4) is 0 Å². The van der Waals surface area contributed by atoms with Gasteiger partial charge in [0.2, 0.25) is 0 Å². The largest absolute Gasteiger partial charge is 0.444 e. The second kappa shape index (κ2) is 7.32. The lowest BCUT2D eigenvalue weighted by Gasteiger charge is -2.35. The minimum absolute atomic E-state index is 0.161. The van der Waals surface area contributed by atoms with Gasteiger partial charge in [0.05, 0.1) is 0 Å². The smallest absolute Gasteiger partial charge is 0.287 e. The zero-order chi connectivity index (χ0) is 16.2. The van der Waals surface area contributed by atoms with Crippen LogP contribution in [0, 0.1) is 0 Å². The lowest BCUT2D eigenvalue weighted by molar-refractivity contribution is 0.0897. The Morgan fingerprint density at radius 2 is 2.09 bits per heavy atom. The first-order valence-electron chi connectivity index (χ1n) is 8.01. The molecule has 0 aliphatic carbocycles. The molecule has 1 N–H and O–H groups in total. The molecule has 1 atom stereocenters. The van der Waals surface area contributed by atoms with Gasteiger partial charge in [0.15, 0.2) is 10.4 Å². The van der Waals surface area contributed by atoms with Crippen LogP contribution in [-0.4, -0.2) is 29.9 Å². The molecule has 0 saturated heterocycles. The van der Waals surface area contributed by atoms with Gasteiger partial charge >= 0.3 is 0 Å². The van der Waals surface area contributed by atoms with E-state index in [0.29, 0.717) is 23.0 Å². The molecular formula is C18H21BrN2O2. The number of carbonyl (C=O) groups is 1. The van der Waals surface area contributed by atoms with Crippen molar-refractivity contribution in [1.29, 1.82) is 0 Å². The van der Waals surface area contributed by atoms with Gasteiger partial charge in [-0.1, -0.05) is 31.2 Å². The van der Waals surface area contributed by atoms with E-state index < -0.39 is 0 Å². The fourth-order valence-electron chi connectivity index (χ4n) is 3.09. The van der Waals surface area contributed by atoms with Gasteiger partial charge in [-0.15, -0.1) is 0 Å². The summed E-state index contributed by atoms with van der Waals surface area (Å²) in [5.41, 5.74) is 2.85. The molecule has 1 aliphatic rings. The molecule has 4 nitrogen and oxygen atoms in total. The summed E-state index contributed by atoms with van der Waals surface area (Å²) < 4.78 is 5.87. The van der Waals surface area contributed by atoms with Crippen LogP contribution >= 0.6 is 15.9 Å². The second-order valence-electron chi connectivity index (χ2n) is 5.87. The van der Waals surface area contributed by atoms with Crippen molar-refractivity contribution in [3.05, 3.63) is 58.0 Å². The van der Waals surface area contributed by atoms with Crippen molar-refractivity contribution < 1.29 is 9.21 Å². The molecule has 2 aromatic rings. The van der Waals surface area contributed by atoms with E-state index in [0.717, 1.165) is 25.9 Å². The summed E-state index contributed by atoms with van der Waals surface area (Å²) in [6.45, 7) is 4.80. The molecular weight excluding hydrogens is 356 g/mol. The van der Waals surface area contributed by atoms with Gasteiger partial charge in [0, 0.05) is 25.7 Å². The number of halogens is 1. The zero-order valence-corrected chi connectivity index (χ0v) is 14.8. The van der Waals surface area contributed by atoms with Crippen LogP contribution in [0.1, 0.15) is 35.0 Å². The number of nitrogens with zero attached hydrogens (tertiary/aromatic N) is 1. The molecule has 1 unspecified atom stereocenters. The number of fused-ring (bicyclic) bond motifs is 1. The molecule has 0 fully saturated rings. The Morgan fingerprint density at radius 1 is 1.30 bits per heavy atom. The molecule has 23 heavy (non-hydrogen) atoms. The summed E-state index contributed by atoms with van der Waals surface area (Å²) in [6.07, 6.45) is 2.08. The highest BCUT2D eigenvalue weighted by atomic mass is 79.9. The Hall–Kier alpha value is -1.59. The highest BCUT2D eigenvalue weighted by Crippen LogP contribution is 2.21. The van der Waals surface area contributed by atoms with Gasteiger partial charge in [-0.2, -0.15) is 0 Å². The number of benzene rings is 1. The molecule has 0 spiro atoms. The second-order valence-corrected chi connectivity index (χ2v) is 6.65. The monoisotopic (exact) mass is 376 g/mol. The summed E-state index contributed by atoms with van der Waals surface area (Å²) in [7, 11) is 0. The molecule has 122 valence electrons. The maximum absolute atomic E-state index is 12.1. The number of carbonyl (C=O) groups excluding carboxylic acids is 1. The number of hydrogen-bond donors (Lipinski definition) is 1. The molecule has 1 aromatic heterocycles. The molecule has 3 rings (SSSR count). The molecule has 0 bridgehead atoms. The third kappa shape index (κ3) is 3.85. The Morgan fingerprint density at radius 3 is 2.78 bits per heavy atom. The number of nitrogens with one attached hydrogen (secondary N) is 1. The normalized spacial score (nSPS) is 15.9. The van der Waals surface area contributed by atoms with Crippen LogP contribution in [0.15, 0.2) is 45.5 Å². The molecule has 2 heterocycles. The Balaban J connectivity index is 1.59. The van der Waals surface area contributed by atoms with Crippen LogP contribution in [0.25, 0.3) is 0 Å². The van der Waals surface area contributed by atoms with E-state index in [9.17, 15) is 4.79 Å². The SMILES string of the molecule is CCC(CNC(=O)c1ccc(Br)o1)N1CCc2ccccc2C1. The molecule has 1 aliphatic heterocycles. The van der Waals surface area contributed by atoms with Crippen molar-refractivity contribution in [2.45, 2.75) is 32.4 Å².